The molecule has 6 heteroatoms. The third-order valence-corrected chi connectivity index (χ3v) is 7.39. The maximum Gasteiger partial charge on any atom is 0.242 e. The van der Waals surface area contributed by atoms with Gasteiger partial charge in [-0.05, 0) is 43.4 Å². The minimum atomic E-state index is -3.55. The van der Waals surface area contributed by atoms with Crippen LogP contribution in [-0.4, -0.2) is 36.9 Å². The van der Waals surface area contributed by atoms with Gasteiger partial charge in [0.1, 0.15) is 6.54 Å². The predicted molar refractivity (Wildman–Crippen MR) is 114 cm³/mol. The first kappa shape index (κ1) is 19.7. The minimum Gasteiger partial charge on any atom is -0.341 e. The summed E-state index contributed by atoms with van der Waals surface area (Å²) < 4.78 is 28.3. The summed E-state index contributed by atoms with van der Waals surface area (Å²) in [6.07, 6.45) is 4.88. The summed E-state index contributed by atoms with van der Waals surface area (Å²) in [5.41, 5.74) is 2.54. The fourth-order valence-corrected chi connectivity index (χ4v) is 5.72. The van der Waals surface area contributed by atoms with E-state index in [4.69, 9.17) is 0 Å². The van der Waals surface area contributed by atoms with Gasteiger partial charge in [-0.2, -0.15) is 0 Å². The third kappa shape index (κ3) is 4.08. The number of nitrogens with zero attached hydrogens (tertiary/aromatic N) is 2. The number of carbonyl (C=O) groups is 1. The van der Waals surface area contributed by atoms with E-state index in [2.05, 4.69) is 0 Å². The lowest BCUT2D eigenvalue weighted by Crippen LogP contribution is -2.37. The van der Waals surface area contributed by atoms with Gasteiger partial charge in [-0.25, -0.2) is 8.42 Å². The van der Waals surface area contributed by atoms with Crippen LogP contribution in [0.4, 0.5) is 0 Å². The van der Waals surface area contributed by atoms with E-state index in [9.17, 15) is 13.2 Å². The van der Waals surface area contributed by atoms with Crippen molar-refractivity contribution in [3.05, 3.63) is 65.9 Å². The molecule has 1 aliphatic heterocycles. The van der Waals surface area contributed by atoms with Crippen molar-refractivity contribution in [2.24, 2.45) is 0 Å². The second-order valence-corrected chi connectivity index (χ2v) is 9.72. The topological polar surface area (TPSA) is 59.4 Å². The Hall–Kier alpha value is -2.60. The number of aryl methyl sites for hydroxylation is 1. The van der Waals surface area contributed by atoms with Crippen LogP contribution < -0.4 is 0 Å². The predicted octanol–water partition coefficient (Wildman–Crippen LogP) is 3.94. The highest BCUT2D eigenvalue weighted by Crippen LogP contribution is 2.29. The quantitative estimate of drug-likeness (QED) is 0.640. The molecule has 0 unspecified atom stereocenters. The van der Waals surface area contributed by atoms with Crippen LogP contribution in [0.25, 0.3) is 10.9 Å². The van der Waals surface area contributed by atoms with E-state index < -0.39 is 9.84 Å². The van der Waals surface area contributed by atoms with Gasteiger partial charge in [0.15, 0.2) is 9.84 Å². The Kier molecular flexibility index (Phi) is 5.46. The standard InChI is InChI=1S/C23H26N2O3S/c1-18-9-3-4-10-19(18)17-29(27,28)22-15-25(21-12-6-5-11-20(21)22)16-23(26)24-13-7-2-8-14-24/h3-6,9-12,15H,2,7-8,13-14,16-17H2,1H3. The van der Waals surface area contributed by atoms with E-state index in [0.717, 1.165) is 49.0 Å². The van der Waals surface area contributed by atoms with Gasteiger partial charge in [0.2, 0.25) is 5.91 Å². The van der Waals surface area contributed by atoms with E-state index in [1.54, 1.807) is 10.8 Å². The van der Waals surface area contributed by atoms with Crippen LogP contribution in [0.1, 0.15) is 30.4 Å². The molecule has 0 atom stereocenters. The van der Waals surface area contributed by atoms with Crippen LogP contribution in [0, 0.1) is 6.92 Å². The molecule has 0 bridgehead atoms. The van der Waals surface area contributed by atoms with E-state index >= 15 is 0 Å². The Balaban J connectivity index is 1.68. The number of benzene rings is 2. The van der Waals surface area contributed by atoms with Crippen molar-refractivity contribution in [2.45, 2.75) is 43.4 Å². The number of hydrogen-bond acceptors (Lipinski definition) is 3. The summed E-state index contributed by atoms with van der Waals surface area (Å²) in [6, 6.07) is 15.0. The Morgan fingerprint density at radius 2 is 1.66 bits per heavy atom. The van der Waals surface area contributed by atoms with Gasteiger partial charge in [-0.15, -0.1) is 0 Å². The molecule has 152 valence electrons. The van der Waals surface area contributed by atoms with Crippen LogP contribution in [0.2, 0.25) is 0 Å². The van der Waals surface area contributed by atoms with E-state index in [1.807, 2.05) is 60.4 Å². The van der Waals surface area contributed by atoms with Crippen LogP contribution in [-0.2, 0) is 26.9 Å². The monoisotopic (exact) mass is 410 g/mol. The van der Waals surface area contributed by atoms with Gasteiger partial charge in [0.05, 0.1) is 10.6 Å². The van der Waals surface area contributed by atoms with Gasteiger partial charge >= 0.3 is 0 Å². The zero-order valence-electron chi connectivity index (χ0n) is 16.7. The molecular weight excluding hydrogens is 384 g/mol. The molecule has 0 spiro atoms. The number of hydrogen-bond donors (Lipinski definition) is 0. The van der Waals surface area contributed by atoms with Crippen molar-refractivity contribution in [3.8, 4) is 0 Å². The Morgan fingerprint density at radius 1 is 0.966 bits per heavy atom. The Morgan fingerprint density at radius 3 is 2.41 bits per heavy atom. The van der Waals surface area contributed by atoms with Crippen molar-refractivity contribution in [1.82, 2.24) is 9.47 Å². The summed E-state index contributed by atoms with van der Waals surface area (Å²) in [7, 11) is -3.55. The van der Waals surface area contributed by atoms with Gasteiger partial charge in [-0.1, -0.05) is 42.5 Å². The molecule has 5 nitrogen and oxygen atoms in total. The molecule has 0 aliphatic carbocycles. The molecule has 2 heterocycles. The lowest BCUT2D eigenvalue weighted by Gasteiger charge is -2.27. The van der Waals surface area contributed by atoms with Crippen molar-refractivity contribution in [2.75, 3.05) is 13.1 Å². The lowest BCUT2D eigenvalue weighted by atomic mass is 10.1. The smallest absolute Gasteiger partial charge is 0.242 e. The van der Waals surface area contributed by atoms with Crippen LogP contribution in [0.15, 0.2) is 59.6 Å². The largest absolute Gasteiger partial charge is 0.341 e. The van der Waals surface area contributed by atoms with E-state index in [0.29, 0.717) is 10.3 Å². The highest BCUT2D eigenvalue weighted by atomic mass is 32.2. The summed E-state index contributed by atoms with van der Waals surface area (Å²) >= 11 is 0. The first-order valence-electron chi connectivity index (χ1n) is 10.1. The fourth-order valence-electron chi connectivity index (χ4n) is 4.04. The molecule has 29 heavy (non-hydrogen) atoms. The molecule has 0 saturated carbocycles. The highest BCUT2D eigenvalue weighted by Gasteiger charge is 2.24. The maximum absolute atomic E-state index is 13.3. The van der Waals surface area contributed by atoms with Crippen molar-refractivity contribution < 1.29 is 13.2 Å². The van der Waals surface area contributed by atoms with Crippen molar-refractivity contribution in [3.63, 3.8) is 0 Å². The average molecular weight is 411 g/mol. The SMILES string of the molecule is Cc1ccccc1CS(=O)(=O)c1cn(CC(=O)N2CCCCC2)c2ccccc12. The number of piperidine rings is 1. The fraction of sp³-hybridized carbons (Fsp3) is 0.348. The number of amides is 1. The van der Waals surface area contributed by atoms with Gasteiger partial charge in [-0.3, -0.25) is 4.79 Å². The molecule has 4 rings (SSSR count). The minimum absolute atomic E-state index is 0.0479. The molecule has 0 N–H and O–H groups in total. The van der Waals surface area contributed by atoms with E-state index in [1.165, 1.54) is 0 Å². The molecule has 1 fully saturated rings. The van der Waals surface area contributed by atoms with Crippen LogP contribution >= 0.6 is 0 Å². The first-order chi connectivity index (χ1) is 14.0. The highest BCUT2D eigenvalue weighted by molar-refractivity contribution is 7.90. The Labute approximate surface area is 171 Å². The summed E-state index contributed by atoms with van der Waals surface area (Å²) in [4.78, 5) is 14.9. The molecule has 2 aromatic carbocycles. The average Bonchev–Trinajstić information content (AvgIpc) is 3.10. The molecule has 1 aromatic heterocycles. The van der Waals surface area contributed by atoms with Gasteiger partial charge in [0, 0.05) is 30.2 Å². The summed E-state index contributed by atoms with van der Waals surface area (Å²) in [5, 5.41) is 0.674. The van der Waals surface area contributed by atoms with Crippen LogP contribution in [0.5, 0.6) is 0 Å². The van der Waals surface area contributed by atoms with Crippen molar-refractivity contribution in [1.29, 1.82) is 0 Å². The third-order valence-electron chi connectivity index (χ3n) is 5.71. The number of para-hydroxylation sites is 1. The Bertz CT molecular complexity index is 1140. The molecule has 1 amide bonds. The number of aromatic nitrogens is 1. The molecule has 3 aromatic rings. The molecule has 1 aliphatic rings. The van der Waals surface area contributed by atoms with Gasteiger partial charge in [0.25, 0.3) is 0 Å². The van der Waals surface area contributed by atoms with E-state index in [-0.39, 0.29) is 18.2 Å². The van der Waals surface area contributed by atoms with Crippen molar-refractivity contribution >= 4 is 26.6 Å². The number of fused-ring (bicyclic) bond motifs is 1. The number of likely N-dealkylation sites (tertiary alicyclic amines) is 1. The van der Waals surface area contributed by atoms with Crippen LogP contribution in [0.3, 0.4) is 0 Å². The second-order valence-electron chi connectivity index (χ2n) is 7.77. The zero-order chi connectivity index (χ0) is 20.4. The first-order valence-corrected chi connectivity index (χ1v) is 11.7. The molecule has 1 saturated heterocycles. The summed E-state index contributed by atoms with van der Waals surface area (Å²) in [5.74, 6) is 0.00149. The summed E-state index contributed by atoms with van der Waals surface area (Å²) in [6.45, 7) is 3.67. The number of carbonyl (C=O) groups excluding carboxylic acids is 1. The maximum atomic E-state index is 13.3. The molecular formula is C23H26N2O3S. The molecule has 0 radical (unpaired) electrons. The number of sulfone groups is 1. The second kappa shape index (κ2) is 8.03. The lowest BCUT2D eigenvalue weighted by molar-refractivity contribution is -0.132. The van der Waals surface area contributed by atoms with Gasteiger partial charge < -0.3 is 9.47 Å². The zero-order valence-corrected chi connectivity index (χ0v) is 17.5. The normalized spacial score (nSPS) is 15.0. The number of rotatable bonds is 5.